The molecule has 0 aromatic heterocycles. The molecule has 0 aromatic rings. The number of hydrogen-bond acceptors (Lipinski definition) is 2. The zero-order chi connectivity index (χ0) is 15.6. The fourth-order valence-corrected chi connectivity index (χ4v) is 2.96. The number of nitrogens with two attached hydrogens (primary N) is 1. The summed E-state index contributed by atoms with van der Waals surface area (Å²) >= 11 is 0. The van der Waals surface area contributed by atoms with Gasteiger partial charge >= 0.3 is 0 Å². The Morgan fingerprint density at radius 2 is 1.65 bits per heavy atom. The Balaban J connectivity index is 2.62. The second kappa shape index (κ2) is 6.33. The summed E-state index contributed by atoms with van der Waals surface area (Å²) in [6.07, 6.45) is 1.34. The van der Waals surface area contributed by atoms with E-state index in [1.807, 2.05) is 0 Å². The minimum absolute atomic E-state index is 0.0358. The maximum absolute atomic E-state index is 5.97. The first kappa shape index (κ1) is 17.3. The van der Waals surface area contributed by atoms with Crippen molar-refractivity contribution in [3.8, 4) is 0 Å². The molecular weight excluding hydrogens is 248 g/mol. The highest BCUT2D eigenvalue weighted by atomic mass is 15.2. The van der Waals surface area contributed by atoms with Gasteiger partial charge in [-0.05, 0) is 52.9 Å². The van der Waals surface area contributed by atoms with Crippen LogP contribution in [0.15, 0.2) is 4.99 Å². The van der Waals surface area contributed by atoms with Crippen LogP contribution < -0.4 is 11.1 Å². The lowest BCUT2D eigenvalue weighted by Gasteiger charge is -2.44. The zero-order valence-electron chi connectivity index (χ0n) is 14.5. The highest BCUT2D eigenvalue weighted by Gasteiger charge is 2.32. The van der Waals surface area contributed by atoms with Gasteiger partial charge in [0.15, 0.2) is 5.96 Å². The van der Waals surface area contributed by atoms with Crippen molar-refractivity contribution in [3.05, 3.63) is 0 Å². The number of nitrogens with one attached hydrogen (secondary N) is 1. The third-order valence-electron chi connectivity index (χ3n) is 3.86. The lowest BCUT2D eigenvalue weighted by Crippen LogP contribution is -2.53. The first-order valence-corrected chi connectivity index (χ1v) is 7.83. The van der Waals surface area contributed by atoms with Gasteiger partial charge in [-0.1, -0.05) is 13.8 Å². The minimum Gasteiger partial charge on any atom is -0.370 e. The molecule has 0 bridgehead atoms. The molecule has 1 rings (SSSR count). The largest absolute Gasteiger partial charge is 0.370 e. The summed E-state index contributed by atoms with van der Waals surface area (Å²) in [6, 6.07) is 0. The third kappa shape index (κ3) is 5.70. The minimum atomic E-state index is -0.0358. The van der Waals surface area contributed by atoms with Crippen LogP contribution in [0.25, 0.3) is 0 Å². The Kier molecular flexibility index (Phi) is 5.47. The highest BCUT2D eigenvalue weighted by molar-refractivity contribution is 5.78. The fraction of sp³-hybridized carbons (Fsp3) is 0.938. The molecule has 2 atom stereocenters. The molecule has 0 amide bonds. The molecule has 1 heterocycles. The molecule has 2 unspecified atom stereocenters. The third-order valence-corrected chi connectivity index (χ3v) is 3.86. The summed E-state index contributed by atoms with van der Waals surface area (Å²) < 4.78 is 0. The monoisotopic (exact) mass is 282 g/mol. The molecule has 0 radical (unpaired) electrons. The summed E-state index contributed by atoms with van der Waals surface area (Å²) in [4.78, 5) is 7.12. The number of likely N-dealkylation sites (tertiary alicyclic amines) is 1. The molecule has 118 valence electrons. The Bertz CT molecular complexity index is 331. The van der Waals surface area contributed by atoms with Gasteiger partial charge in [0.25, 0.3) is 0 Å². The van der Waals surface area contributed by atoms with Crippen LogP contribution in [0.5, 0.6) is 0 Å². The smallest absolute Gasteiger partial charge is 0.189 e. The number of aliphatic imine (C=N–C) groups is 1. The van der Waals surface area contributed by atoms with Crippen molar-refractivity contribution in [2.75, 3.05) is 19.6 Å². The van der Waals surface area contributed by atoms with Gasteiger partial charge in [-0.2, -0.15) is 0 Å². The Labute approximate surface area is 125 Å². The second-order valence-electron chi connectivity index (χ2n) is 8.24. The van der Waals surface area contributed by atoms with Gasteiger partial charge < -0.3 is 11.1 Å². The summed E-state index contributed by atoms with van der Waals surface area (Å²) in [7, 11) is 0. The van der Waals surface area contributed by atoms with Crippen LogP contribution in [0.1, 0.15) is 54.9 Å². The standard InChI is InChI=1S/C16H34N4/c1-12-8-13(2)10-20(9-12)16(6,7)11-18-14(17)19-15(3,4)5/h12-13H,8-11H2,1-7H3,(H3,17,18,19). The van der Waals surface area contributed by atoms with Crippen LogP contribution in [0.2, 0.25) is 0 Å². The van der Waals surface area contributed by atoms with Gasteiger partial charge in [-0.25, -0.2) is 0 Å². The van der Waals surface area contributed by atoms with E-state index in [0.717, 1.165) is 18.4 Å². The van der Waals surface area contributed by atoms with Crippen LogP contribution in [-0.2, 0) is 0 Å². The number of hydrogen-bond donors (Lipinski definition) is 2. The van der Waals surface area contributed by atoms with Crippen molar-refractivity contribution in [1.82, 2.24) is 10.2 Å². The van der Waals surface area contributed by atoms with Crippen LogP contribution in [0.3, 0.4) is 0 Å². The topological polar surface area (TPSA) is 53.6 Å². The van der Waals surface area contributed by atoms with E-state index in [9.17, 15) is 0 Å². The molecule has 1 aliphatic heterocycles. The molecule has 1 saturated heterocycles. The normalized spacial score (nSPS) is 26.6. The molecule has 20 heavy (non-hydrogen) atoms. The van der Waals surface area contributed by atoms with E-state index in [0.29, 0.717) is 5.96 Å². The zero-order valence-corrected chi connectivity index (χ0v) is 14.5. The van der Waals surface area contributed by atoms with E-state index >= 15 is 0 Å². The van der Waals surface area contributed by atoms with Gasteiger partial charge in [-0.3, -0.25) is 9.89 Å². The molecule has 1 fully saturated rings. The Morgan fingerprint density at radius 3 is 2.10 bits per heavy atom. The van der Waals surface area contributed by atoms with Crippen molar-refractivity contribution >= 4 is 5.96 Å². The first-order chi connectivity index (χ1) is 8.99. The van der Waals surface area contributed by atoms with Crippen LogP contribution in [-0.4, -0.2) is 41.6 Å². The van der Waals surface area contributed by atoms with Gasteiger partial charge in [-0.15, -0.1) is 0 Å². The molecule has 0 aromatic carbocycles. The lowest BCUT2D eigenvalue weighted by molar-refractivity contribution is 0.0512. The van der Waals surface area contributed by atoms with Crippen molar-refractivity contribution < 1.29 is 0 Å². The van der Waals surface area contributed by atoms with Crippen molar-refractivity contribution in [3.63, 3.8) is 0 Å². The second-order valence-corrected chi connectivity index (χ2v) is 8.24. The maximum atomic E-state index is 5.97. The Hall–Kier alpha value is -0.770. The van der Waals surface area contributed by atoms with E-state index in [4.69, 9.17) is 5.73 Å². The first-order valence-electron chi connectivity index (χ1n) is 7.83. The van der Waals surface area contributed by atoms with E-state index in [1.165, 1.54) is 19.5 Å². The Morgan fingerprint density at radius 1 is 1.15 bits per heavy atom. The quantitative estimate of drug-likeness (QED) is 0.617. The number of guanidine groups is 1. The average molecular weight is 282 g/mol. The molecule has 4 nitrogen and oxygen atoms in total. The van der Waals surface area contributed by atoms with Crippen molar-refractivity contribution in [1.29, 1.82) is 0 Å². The van der Waals surface area contributed by atoms with E-state index in [1.54, 1.807) is 0 Å². The van der Waals surface area contributed by atoms with E-state index in [2.05, 4.69) is 63.7 Å². The predicted octanol–water partition coefficient (Wildman–Crippen LogP) is 2.45. The predicted molar refractivity (Wildman–Crippen MR) is 88.0 cm³/mol. The van der Waals surface area contributed by atoms with Gasteiger partial charge in [0.05, 0.1) is 6.54 Å². The summed E-state index contributed by atoms with van der Waals surface area (Å²) in [5, 5.41) is 3.22. The maximum Gasteiger partial charge on any atom is 0.189 e. The number of piperidine rings is 1. The lowest BCUT2D eigenvalue weighted by atomic mass is 9.88. The highest BCUT2D eigenvalue weighted by Crippen LogP contribution is 2.27. The average Bonchev–Trinajstić information content (AvgIpc) is 2.23. The van der Waals surface area contributed by atoms with Crippen molar-refractivity contribution in [2.24, 2.45) is 22.6 Å². The SMILES string of the molecule is CC1CC(C)CN(C(C)(C)CN=C(N)NC(C)(C)C)C1. The summed E-state index contributed by atoms with van der Waals surface area (Å²) in [6.45, 7) is 18.6. The molecule has 0 spiro atoms. The van der Waals surface area contributed by atoms with Crippen LogP contribution in [0, 0.1) is 11.8 Å². The van der Waals surface area contributed by atoms with E-state index < -0.39 is 0 Å². The van der Waals surface area contributed by atoms with Crippen LogP contribution in [0.4, 0.5) is 0 Å². The number of rotatable bonds is 3. The molecular formula is C16H34N4. The summed E-state index contributed by atoms with van der Waals surface area (Å²) in [5.74, 6) is 2.09. The molecule has 0 saturated carbocycles. The fourth-order valence-electron chi connectivity index (χ4n) is 2.96. The van der Waals surface area contributed by atoms with Gasteiger partial charge in [0.2, 0.25) is 0 Å². The number of nitrogens with zero attached hydrogens (tertiary/aromatic N) is 2. The molecule has 0 aliphatic carbocycles. The van der Waals surface area contributed by atoms with Crippen LogP contribution >= 0.6 is 0 Å². The van der Waals surface area contributed by atoms with Gasteiger partial charge in [0.1, 0.15) is 0 Å². The molecule has 3 N–H and O–H groups in total. The summed E-state index contributed by atoms with van der Waals surface area (Å²) in [5.41, 5.74) is 6.00. The molecule has 1 aliphatic rings. The van der Waals surface area contributed by atoms with Gasteiger partial charge in [0, 0.05) is 24.2 Å². The van der Waals surface area contributed by atoms with E-state index in [-0.39, 0.29) is 11.1 Å². The molecule has 4 heteroatoms. The van der Waals surface area contributed by atoms with Crippen molar-refractivity contribution in [2.45, 2.75) is 66.0 Å².